The van der Waals surface area contributed by atoms with Gasteiger partial charge in [-0.05, 0) is 37.3 Å². The van der Waals surface area contributed by atoms with Crippen molar-refractivity contribution in [3.05, 3.63) is 23.9 Å². The van der Waals surface area contributed by atoms with Gasteiger partial charge in [-0.2, -0.15) is 0 Å². The van der Waals surface area contributed by atoms with Gasteiger partial charge in [0.1, 0.15) is 5.82 Å². The van der Waals surface area contributed by atoms with Crippen molar-refractivity contribution in [2.24, 2.45) is 10.9 Å². The molecule has 2 saturated heterocycles. The molecule has 0 atom stereocenters. The highest BCUT2D eigenvalue weighted by atomic mass is 127. The number of piperidine rings is 1. The lowest BCUT2D eigenvalue weighted by Gasteiger charge is -2.33. The first-order chi connectivity index (χ1) is 13.7. The Morgan fingerprint density at radius 1 is 1.17 bits per heavy atom. The van der Waals surface area contributed by atoms with E-state index in [1.165, 1.54) is 32.8 Å². The van der Waals surface area contributed by atoms with Crippen LogP contribution in [0.4, 0.5) is 5.82 Å². The van der Waals surface area contributed by atoms with Gasteiger partial charge in [-0.15, -0.1) is 24.0 Å². The number of likely N-dealkylation sites (tertiary alicyclic amines) is 1. The topological polar surface area (TPSA) is 70.1 Å². The number of hydrogen-bond donors (Lipinski definition) is 1. The first-order valence-electron chi connectivity index (χ1n) is 10.4. The molecule has 1 aromatic rings. The molecule has 0 radical (unpaired) electrons. The zero-order valence-electron chi connectivity index (χ0n) is 17.6. The van der Waals surface area contributed by atoms with Crippen LogP contribution in [0.5, 0.6) is 0 Å². The normalized spacial score (nSPS) is 18.6. The van der Waals surface area contributed by atoms with Crippen LogP contribution in [0.25, 0.3) is 0 Å². The number of methoxy groups -OCH3 is 1. The van der Waals surface area contributed by atoms with E-state index in [4.69, 9.17) is 4.74 Å². The van der Waals surface area contributed by atoms with Gasteiger partial charge in [-0.25, -0.2) is 4.98 Å². The Morgan fingerprint density at radius 2 is 1.86 bits per heavy atom. The second kappa shape index (κ2) is 12.2. The smallest absolute Gasteiger partial charge is 0.308 e. The van der Waals surface area contributed by atoms with Gasteiger partial charge < -0.3 is 19.9 Å². The standard InChI is InChI=1S/C21H33N5O2.HI/c1-22-21(26-13-9-18(10-14-26)20(27)28-2)24-16-17-7-8-19(23-15-17)25-11-5-3-4-6-12-25;/h7-8,15,18H,3-6,9-14,16H2,1-2H3,(H,22,24);1H. The number of carbonyl (C=O) groups is 1. The van der Waals surface area contributed by atoms with Crippen LogP contribution in [0.2, 0.25) is 0 Å². The van der Waals surface area contributed by atoms with Crippen LogP contribution in [0.15, 0.2) is 23.3 Å². The fraction of sp³-hybridized carbons (Fsp3) is 0.667. The van der Waals surface area contributed by atoms with Gasteiger partial charge in [-0.3, -0.25) is 9.79 Å². The summed E-state index contributed by atoms with van der Waals surface area (Å²) in [4.78, 5) is 25.4. The minimum atomic E-state index is -0.0989. The van der Waals surface area contributed by atoms with Gasteiger partial charge in [0.05, 0.1) is 13.0 Å². The van der Waals surface area contributed by atoms with Crippen LogP contribution >= 0.6 is 24.0 Å². The number of halogens is 1. The summed E-state index contributed by atoms with van der Waals surface area (Å²) in [5.41, 5.74) is 1.14. The number of carbonyl (C=O) groups excluding carboxylic acids is 1. The number of anilines is 1. The van der Waals surface area contributed by atoms with Gasteiger partial charge in [0.15, 0.2) is 5.96 Å². The largest absolute Gasteiger partial charge is 0.469 e. The Labute approximate surface area is 191 Å². The molecule has 2 aliphatic heterocycles. The number of rotatable bonds is 4. The number of pyridine rings is 1. The number of nitrogens with zero attached hydrogens (tertiary/aromatic N) is 4. The molecule has 1 aromatic heterocycles. The van der Waals surface area contributed by atoms with E-state index < -0.39 is 0 Å². The number of aliphatic imine (C=N–C) groups is 1. The molecule has 0 amide bonds. The Balaban J connectivity index is 0.00000300. The first kappa shape index (κ1) is 23.7. The average molecular weight is 515 g/mol. The number of hydrogen-bond acceptors (Lipinski definition) is 5. The van der Waals surface area contributed by atoms with Gasteiger partial charge in [0, 0.05) is 46.0 Å². The predicted octanol–water partition coefficient (Wildman–Crippen LogP) is 3.04. The third-order valence-electron chi connectivity index (χ3n) is 5.73. The zero-order chi connectivity index (χ0) is 19.8. The summed E-state index contributed by atoms with van der Waals surface area (Å²) < 4.78 is 4.86. The lowest BCUT2D eigenvalue weighted by molar-refractivity contribution is -0.146. The van der Waals surface area contributed by atoms with Crippen LogP contribution in [-0.4, -0.2) is 62.1 Å². The van der Waals surface area contributed by atoms with E-state index in [0.717, 1.165) is 56.4 Å². The molecule has 162 valence electrons. The predicted molar refractivity (Wildman–Crippen MR) is 127 cm³/mol. The molecule has 0 aliphatic carbocycles. The van der Waals surface area contributed by atoms with E-state index in [9.17, 15) is 4.79 Å². The SMILES string of the molecule is CN=C(NCc1ccc(N2CCCCCC2)nc1)N1CCC(C(=O)OC)CC1.I. The Kier molecular flexibility index (Phi) is 9.96. The van der Waals surface area contributed by atoms with E-state index in [0.29, 0.717) is 6.54 Å². The summed E-state index contributed by atoms with van der Waals surface area (Å²) in [6.07, 6.45) is 8.74. The van der Waals surface area contributed by atoms with Crippen molar-refractivity contribution >= 4 is 41.7 Å². The number of guanidine groups is 1. The Bertz CT molecular complexity index is 652. The quantitative estimate of drug-likeness (QED) is 0.288. The maximum atomic E-state index is 11.7. The van der Waals surface area contributed by atoms with Crippen LogP contribution < -0.4 is 10.2 Å². The van der Waals surface area contributed by atoms with Gasteiger partial charge >= 0.3 is 5.97 Å². The molecule has 3 rings (SSSR count). The summed E-state index contributed by atoms with van der Waals surface area (Å²) in [6.45, 7) is 4.53. The fourth-order valence-electron chi connectivity index (χ4n) is 4.02. The molecule has 0 spiro atoms. The van der Waals surface area contributed by atoms with Crippen molar-refractivity contribution in [1.82, 2.24) is 15.2 Å². The fourth-order valence-corrected chi connectivity index (χ4v) is 4.02. The number of esters is 1. The first-order valence-corrected chi connectivity index (χ1v) is 10.4. The maximum Gasteiger partial charge on any atom is 0.308 e. The molecular formula is C21H34IN5O2. The number of nitrogens with one attached hydrogen (secondary N) is 1. The zero-order valence-corrected chi connectivity index (χ0v) is 19.9. The van der Waals surface area contributed by atoms with Gasteiger partial charge in [-0.1, -0.05) is 18.9 Å². The minimum Gasteiger partial charge on any atom is -0.469 e. The van der Waals surface area contributed by atoms with Crippen molar-refractivity contribution in [3.63, 3.8) is 0 Å². The average Bonchev–Trinajstić information content (AvgIpc) is 3.04. The van der Waals surface area contributed by atoms with E-state index in [1.807, 2.05) is 6.20 Å². The summed E-state index contributed by atoms with van der Waals surface area (Å²) >= 11 is 0. The molecule has 2 fully saturated rings. The van der Waals surface area contributed by atoms with Crippen molar-refractivity contribution in [2.45, 2.75) is 45.1 Å². The molecule has 3 heterocycles. The molecule has 7 nitrogen and oxygen atoms in total. The van der Waals surface area contributed by atoms with Crippen molar-refractivity contribution < 1.29 is 9.53 Å². The van der Waals surface area contributed by atoms with E-state index >= 15 is 0 Å². The molecule has 0 bridgehead atoms. The third-order valence-corrected chi connectivity index (χ3v) is 5.73. The molecule has 2 aliphatic rings. The molecule has 0 aromatic carbocycles. The van der Waals surface area contributed by atoms with Gasteiger partial charge in [0.2, 0.25) is 0 Å². The number of ether oxygens (including phenoxy) is 1. The molecule has 29 heavy (non-hydrogen) atoms. The number of aromatic nitrogens is 1. The lowest BCUT2D eigenvalue weighted by atomic mass is 9.97. The Hall–Kier alpha value is -1.58. The van der Waals surface area contributed by atoms with Crippen molar-refractivity contribution in [2.75, 3.05) is 45.2 Å². The van der Waals surface area contributed by atoms with Crippen LogP contribution in [0.1, 0.15) is 44.1 Å². The third kappa shape index (κ3) is 6.72. The van der Waals surface area contributed by atoms with E-state index in [1.54, 1.807) is 7.05 Å². The summed E-state index contributed by atoms with van der Waals surface area (Å²) in [5, 5.41) is 3.43. The van der Waals surface area contributed by atoms with Crippen LogP contribution in [0, 0.1) is 5.92 Å². The highest BCUT2D eigenvalue weighted by Gasteiger charge is 2.26. The summed E-state index contributed by atoms with van der Waals surface area (Å²) in [5.74, 6) is 1.87. The highest BCUT2D eigenvalue weighted by Crippen LogP contribution is 2.19. The van der Waals surface area contributed by atoms with Crippen LogP contribution in [-0.2, 0) is 16.1 Å². The minimum absolute atomic E-state index is 0. The molecular weight excluding hydrogens is 481 g/mol. The van der Waals surface area contributed by atoms with E-state index in [-0.39, 0.29) is 35.9 Å². The van der Waals surface area contributed by atoms with Crippen LogP contribution in [0.3, 0.4) is 0 Å². The maximum absolute atomic E-state index is 11.7. The molecule has 0 unspecified atom stereocenters. The van der Waals surface area contributed by atoms with Gasteiger partial charge in [0.25, 0.3) is 0 Å². The monoisotopic (exact) mass is 515 g/mol. The van der Waals surface area contributed by atoms with E-state index in [2.05, 4.69) is 37.2 Å². The molecule has 0 saturated carbocycles. The Morgan fingerprint density at radius 3 is 2.41 bits per heavy atom. The second-order valence-corrected chi connectivity index (χ2v) is 7.61. The summed E-state index contributed by atoms with van der Waals surface area (Å²) in [6, 6.07) is 4.28. The second-order valence-electron chi connectivity index (χ2n) is 7.61. The van der Waals surface area contributed by atoms with Crippen molar-refractivity contribution in [1.29, 1.82) is 0 Å². The molecule has 1 N–H and O–H groups in total. The highest BCUT2D eigenvalue weighted by molar-refractivity contribution is 14.0. The molecule has 8 heteroatoms. The summed E-state index contributed by atoms with van der Waals surface area (Å²) in [7, 11) is 3.26. The lowest BCUT2D eigenvalue weighted by Crippen LogP contribution is -2.46. The van der Waals surface area contributed by atoms with Crippen molar-refractivity contribution in [3.8, 4) is 0 Å².